The van der Waals surface area contributed by atoms with E-state index in [0.29, 0.717) is 28.9 Å². The summed E-state index contributed by atoms with van der Waals surface area (Å²) in [6.45, 7) is 5.43. The fraction of sp³-hybridized carbons (Fsp3) is 0.238. The monoisotopic (exact) mass is 446 g/mol. The number of carbonyl (C=O) groups is 2. The van der Waals surface area contributed by atoms with E-state index in [2.05, 4.69) is 5.32 Å². The van der Waals surface area contributed by atoms with Gasteiger partial charge >= 0.3 is 5.97 Å². The summed E-state index contributed by atoms with van der Waals surface area (Å²) in [6, 6.07) is 8.79. The van der Waals surface area contributed by atoms with Crippen molar-refractivity contribution in [3.05, 3.63) is 62.9 Å². The number of aryl methyl sites for hydroxylation is 1. The zero-order chi connectivity index (χ0) is 22.7. The molecular weight excluding hydrogens is 428 g/mol. The Balaban J connectivity index is 1.74. The Morgan fingerprint density at radius 3 is 2.68 bits per heavy atom. The van der Waals surface area contributed by atoms with Crippen molar-refractivity contribution in [2.45, 2.75) is 26.9 Å². The second-order valence-corrected chi connectivity index (χ2v) is 7.01. The highest BCUT2D eigenvalue weighted by atomic mass is 35.5. The summed E-state index contributed by atoms with van der Waals surface area (Å²) in [6.07, 6.45) is -1.21. The van der Waals surface area contributed by atoms with Crippen molar-refractivity contribution in [1.29, 1.82) is 0 Å². The highest BCUT2D eigenvalue weighted by Gasteiger charge is 2.25. The van der Waals surface area contributed by atoms with Gasteiger partial charge in [0.2, 0.25) is 5.76 Å². The van der Waals surface area contributed by atoms with Gasteiger partial charge in [0.25, 0.3) is 11.6 Å². The second-order valence-electron chi connectivity index (χ2n) is 6.61. The number of carbonyl (C=O) groups excluding carboxylic acids is 2. The van der Waals surface area contributed by atoms with Crippen LogP contribution >= 0.6 is 11.6 Å². The number of nitrogens with one attached hydrogen (secondary N) is 1. The number of ether oxygens (including phenoxy) is 2. The van der Waals surface area contributed by atoms with Gasteiger partial charge in [-0.25, -0.2) is 4.79 Å². The molecule has 0 spiro atoms. The molecule has 1 N–H and O–H groups in total. The van der Waals surface area contributed by atoms with Crippen LogP contribution in [-0.4, -0.2) is 29.5 Å². The van der Waals surface area contributed by atoms with E-state index in [1.54, 1.807) is 25.1 Å². The van der Waals surface area contributed by atoms with Crippen LogP contribution in [0, 0.1) is 17.0 Å². The summed E-state index contributed by atoms with van der Waals surface area (Å²) in [7, 11) is 0. The number of hydrogen-bond donors (Lipinski definition) is 1. The van der Waals surface area contributed by atoms with Gasteiger partial charge in [-0.2, -0.15) is 0 Å². The highest BCUT2D eigenvalue weighted by Crippen LogP contribution is 2.30. The molecule has 31 heavy (non-hydrogen) atoms. The summed E-state index contributed by atoms with van der Waals surface area (Å²) in [4.78, 5) is 35.3. The smallest absolute Gasteiger partial charge is 0.375 e. The van der Waals surface area contributed by atoms with Gasteiger partial charge in [0.05, 0.1) is 22.2 Å². The molecule has 162 valence electrons. The Bertz CT molecular complexity index is 1170. The molecule has 0 radical (unpaired) electrons. The minimum atomic E-state index is -1.21. The van der Waals surface area contributed by atoms with E-state index in [1.165, 1.54) is 19.1 Å². The van der Waals surface area contributed by atoms with E-state index >= 15 is 0 Å². The topological polar surface area (TPSA) is 121 Å². The van der Waals surface area contributed by atoms with Gasteiger partial charge < -0.3 is 19.2 Å². The molecule has 1 aromatic heterocycles. The number of halogens is 1. The third-order valence-electron chi connectivity index (χ3n) is 4.48. The number of nitrogens with zero attached hydrogens (tertiary/aromatic N) is 1. The van der Waals surface area contributed by atoms with Crippen LogP contribution in [0.2, 0.25) is 5.02 Å². The number of amides is 1. The van der Waals surface area contributed by atoms with Crippen LogP contribution in [0.25, 0.3) is 11.0 Å². The third kappa shape index (κ3) is 4.77. The Labute approximate surface area is 182 Å². The number of benzene rings is 2. The molecule has 0 bridgehead atoms. The van der Waals surface area contributed by atoms with Gasteiger partial charge in [-0.15, -0.1) is 0 Å². The molecule has 9 nitrogen and oxygen atoms in total. The number of nitro groups is 1. The second kappa shape index (κ2) is 9.05. The zero-order valence-corrected chi connectivity index (χ0v) is 17.7. The number of fused-ring (bicyclic) bond motifs is 1. The van der Waals surface area contributed by atoms with Crippen molar-refractivity contribution in [3.8, 4) is 5.75 Å². The van der Waals surface area contributed by atoms with Crippen molar-refractivity contribution in [2.24, 2.45) is 0 Å². The lowest BCUT2D eigenvalue weighted by Crippen LogP contribution is -2.30. The Hall–Kier alpha value is -3.59. The van der Waals surface area contributed by atoms with Crippen LogP contribution in [-0.2, 0) is 9.53 Å². The number of rotatable bonds is 7. The SMILES string of the molecule is CCOc1ccc2oc(C(=O)OC(C)C(=O)Nc3cc([N+](=O)[O-])ccc3Cl)c(C)c2c1. The Kier molecular flexibility index (Phi) is 6.45. The average Bonchev–Trinajstić information content (AvgIpc) is 3.06. The normalized spacial score (nSPS) is 11.7. The molecular formula is C21H19ClN2O7. The molecule has 1 atom stereocenters. The van der Waals surface area contributed by atoms with E-state index in [1.807, 2.05) is 6.92 Å². The summed E-state index contributed by atoms with van der Waals surface area (Å²) < 4.78 is 16.3. The van der Waals surface area contributed by atoms with Crippen molar-refractivity contribution < 1.29 is 28.4 Å². The lowest BCUT2D eigenvalue weighted by molar-refractivity contribution is -0.384. The first kappa shape index (κ1) is 22.1. The zero-order valence-electron chi connectivity index (χ0n) is 16.9. The molecule has 0 aliphatic heterocycles. The van der Waals surface area contributed by atoms with E-state index in [-0.39, 0.29) is 22.2 Å². The predicted octanol–water partition coefficient (Wildman–Crippen LogP) is 4.89. The lowest BCUT2D eigenvalue weighted by Gasteiger charge is -2.13. The quantitative estimate of drug-likeness (QED) is 0.311. The third-order valence-corrected chi connectivity index (χ3v) is 4.81. The maximum Gasteiger partial charge on any atom is 0.375 e. The number of nitro benzene ring substituents is 1. The number of non-ortho nitro benzene ring substituents is 1. The maximum atomic E-state index is 12.6. The van der Waals surface area contributed by atoms with E-state index < -0.39 is 22.9 Å². The molecule has 3 rings (SSSR count). The first-order valence-electron chi connectivity index (χ1n) is 9.33. The van der Waals surface area contributed by atoms with Crippen molar-refractivity contribution in [1.82, 2.24) is 0 Å². The molecule has 3 aromatic rings. The summed E-state index contributed by atoms with van der Waals surface area (Å²) in [5.74, 6) is -0.917. The molecule has 1 amide bonds. The standard InChI is InChI=1S/C21H19ClN2O7/c1-4-29-14-6-8-18-15(10-14)11(2)19(31-18)21(26)30-12(3)20(25)23-17-9-13(24(27)28)5-7-16(17)22/h5-10,12H,4H2,1-3H3,(H,23,25). The van der Waals surface area contributed by atoms with Crippen LogP contribution in [0.15, 0.2) is 40.8 Å². The Morgan fingerprint density at radius 2 is 2.00 bits per heavy atom. The fourth-order valence-electron chi connectivity index (χ4n) is 2.88. The largest absolute Gasteiger partial charge is 0.494 e. The van der Waals surface area contributed by atoms with Crippen molar-refractivity contribution in [2.75, 3.05) is 11.9 Å². The fourth-order valence-corrected chi connectivity index (χ4v) is 3.04. The molecule has 1 unspecified atom stereocenters. The molecule has 0 saturated carbocycles. The van der Waals surface area contributed by atoms with Gasteiger partial charge in [-0.1, -0.05) is 11.6 Å². The molecule has 0 fully saturated rings. The van der Waals surface area contributed by atoms with Crippen LogP contribution in [0.3, 0.4) is 0 Å². The minimum Gasteiger partial charge on any atom is -0.494 e. The lowest BCUT2D eigenvalue weighted by atomic mass is 10.1. The molecule has 10 heteroatoms. The molecule has 1 heterocycles. The molecule has 2 aromatic carbocycles. The summed E-state index contributed by atoms with van der Waals surface area (Å²) in [5, 5.41) is 14.1. The van der Waals surface area contributed by atoms with Gasteiger partial charge in [0.1, 0.15) is 11.3 Å². The number of hydrogen-bond acceptors (Lipinski definition) is 7. The van der Waals surface area contributed by atoms with Crippen LogP contribution in [0.5, 0.6) is 5.75 Å². The van der Waals surface area contributed by atoms with Crippen LogP contribution in [0.4, 0.5) is 11.4 Å². The van der Waals surface area contributed by atoms with Crippen molar-refractivity contribution >= 4 is 45.8 Å². The van der Waals surface area contributed by atoms with Gasteiger partial charge in [-0.3, -0.25) is 14.9 Å². The molecule has 0 aliphatic rings. The maximum absolute atomic E-state index is 12.6. The first-order chi connectivity index (χ1) is 14.7. The number of anilines is 1. The van der Waals surface area contributed by atoms with Gasteiger partial charge in [0.15, 0.2) is 6.10 Å². The van der Waals surface area contributed by atoms with Crippen LogP contribution < -0.4 is 10.1 Å². The first-order valence-corrected chi connectivity index (χ1v) is 9.70. The van der Waals surface area contributed by atoms with Gasteiger partial charge in [0, 0.05) is 23.1 Å². The predicted molar refractivity (Wildman–Crippen MR) is 114 cm³/mol. The molecule has 0 aliphatic carbocycles. The van der Waals surface area contributed by atoms with E-state index in [4.69, 9.17) is 25.5 Å². The van der Waals surface area contributed by atoms with Crippen molar-refractivity contribution in [3.63, 3.8) is 0 Å². The summed E-state index contributed by atoms with van der Waals surface area (Å²) in [5.41, 5.74) is 0.824. The minimum absolute atomic E-state index is 0.0309. The number of furan rings is 1. The van der Waals surface area contributed by atoms with E-state index in [0.717, 1.165) is 6.07 Å². The highest BCUT2D eigenvalue weighted by molar-refractivity contribution is 6.33. The molecule has 0 saturated heterocycles. The Morgan fingerprint density at radius 1 is 1.26 bits per heavy atom. The van der Waals surface area contributed by atoms with Gasteiger partial charge in [-0.05, 0) is 45.0 Å². The average molecular weight is 447 g/mol. The summed E-state index contributed by atoms with van der Waals surface area (Å²) >= 11 is 5.98. The number of esters is 1. The van der Waals surface area contributed by atoms with Crippen LogP contribution in [0.1, 0.15) is 30.0 Å². The van der Waals surface area contributed by atoms with E-state index in [9.17, 15) is 19.7 Å².